The summed E-state index contributed by atoms with van der Waals surface area (Å²) in [6.07, 6.45) is 3.35. The summed E-state index contributed by atoms with van der Waals surface area (Å²) in [6.45, 7) is 0.338. The highest BCUT2D eigenvalue weighted by Gasteiger charge is 2.18. The first-order valence-electron chi connectivity index (χ1n) is 10.4. The second-order valence-corrected chi connectivity index (χ2v) is 8.01. The molecular weight excluding hydrogens is 456 g/mol. The molecule has 0 spiro atoms. The van der Waals surface area contributed by atoms with Crippen molar-refractivity contribution in [3.05, 3.63) is 93.5 Å². The van der Waals surface area contributed by atoms with Gasteiger partial charge in [-0.05, 0) is 48.0 Å². The van der Waals surface area contributed by atoms with E-state index in [0.717, 1.165) is 10.9 Å². The van der Waals surface area contributed by atoms with Gasteiger partial charge in [-0.2, -0.15) is 0 Å². The van der Waals surface area contributed by atoms with Crippen LogP contribution in [0.5, 0.6) is 11.5 Å². The molecule has 0 saturated carbocycles. The summed E-state index contributed by atoms with van der Waals surface area (Å²) in [5.74, 6) is 1.06. The number of rotatable bonds is 7. The number of aromatic amines is 1. The molecule has 0 aliphatic heterocycles. The lowest BCUT2D eigenvalue weighted by Gasteiger charge is -2.23. The molecule has 2 aromatic heterocycles. The van der Waals surface area contributed by atoms with Gasteiger partial charge in [0.2, 0.25) is 0 Å². The van der Waals surface area contributed by atoms with Crippen LogP contribution in [0.4, 0.5) is 10.5 Å². The van der Waals surface area contributed by atoms with Crippen molar-refractivity contribution in [1.29, 1.82) is 0 Å². The normalized spacial score (nSPS) is 10.7. The molecule has 2 N–H and O–H groups in total. The Morgan fingerprint density at radius 1 is 1.06 bits per heavy atom. The molecule has 0 saturated heterocycles. The third-order valence-corrected chi connectivity index (χ3v) is 5.52. The third-order valence-electron chi connectivity index (χ3n) is 5.27. The van der Waals surface area contributed by atoms with Crippen molar-refractivity contribution in [1.82, 2.24) is 14.9 Å². The maximum Gasteiger partial charge on any atom is 0.322 e. The lowest BCUT2D eigenvalue weighted by molar-refractivity contribution is 0.206. The van der Waals surface area contributed by atoms with Gasteiger partial charge in [-0.15, -0.1) is 0 Å². The minimum atomic E-state index is -0.363. The summed E-state index contributed by atoms with van der Waals surface area (Å²) in [5, 5.41) is 4.18. The van der Waals surface area contributed by atoms with Crippen molar-refractivity contribution >= 4 is 34.2 Å². The van der Waals surface area contributed by atoms with Gasteiger partial charge in [-0.25, -0.2) is 4.79 Å². The maximum atomic E-state index is 13.2. The number of fused-ring (bicyclic) bond motifs is 1. The highest BCUT2D eigenvalue weighted by molar-refractivity contribution is 6.30. The van der Waals surface area contributed by atoms with Crippen LogP contribution in [-0.2, 0) is 13.1 Å². The molecule has 4 aromatic rings. The van der Waals surface area contributed by atoms with Crippen LogP contribution >= 0.6 is 11.6 Å². The minimum Gasteiger partial charge on any atom is -0.493 e. The lowest BCUT2D eigenvalue weighted by Crippen LogP contribution is -2.35. The fraction of sp³-hybridized carbons (Fsp3) is 0.160. The Labute approximate surface area is 201 Å². The number of nitrogens with one attached hydrogen (secondary N) is 2. The molecule has 0 bridgehead atoms. The molecule has 0 fully saturated rings. The molecule has 174 valence electrons. The summed E-state index contributed by atoms with van der Waals surface area (Å²) >= 11 is 5.95. The monoisotopic (exact) mass is 478 g/mol. The summed E-state index contributed by atoms with van der Waals surface area (Å²) in [6, 6.07) is 15.4. The van der Waals surface area contributed by atoms with E-state index >= 15 is 0 Å². The first kappa shape index (κ1) is 23.1. The van der Waals surface area contributed by atoms with Crippen LogP contribution in [0.25, 0.3) is 10.9 Å². The van der Waals surface area contributed by atoms with E-state index in [0.29, 0.717) is 33.3 Å². The van der Waals surface area contributed by atoms with E-state index in [1.807, 2.05) is 6.07 Å². The van der Waals surface area contributed by atoms with Gasteiger partial charge in [0.25, 0.3) is 5.56 Å². The van der Waals surface area contributed by atoms with Crippen LogP contribution in [0.15, 0.2) is 71.8 Å². The first-order chi connectivity index (χ1) is 16.5. The highest BCUT2D eigenvalue weighted by atomic mass is 35.5. The third kappa shape index (κ3) is 5.29. The van der Waals surface area contributed by atoms with Gasteiger partial charge in [0.1, 0.15) is 0 Å². The SMILES string of the molecule is COc1cc2cc(CN(Cc3cccnc3)C(=O)Nc3ccc(Cl)cc3)c(=O)[nH]c2cc1OC. The standard InChI is InChI=1S/C25H23ClN4O4/c1-33-22-11-17-10-18(24(31)29-21(17)12-23(22)34-2)15-30(14-16-4-3-9-27-13-16)25(32)28-20-7-5-19(26)6-8-20/h3-13H,14-15H2,1-2H3,(H,28,32)(H,29,31). The van der Waals surface area contributed by atoms with Crippen LogP contribution < -0.4 is 20.3 Å². The van der Waals surface area contributed by atoms with E-state index in [4.69, 9.17) is 21.1 Å². The molecule has 9 heteroatoms. The fourth-order valence-corrected chi connectivity index (χ4v) is 3.67. The van der Waals surface area contributed by atoms with Gasteiger partial charge in [-0.3, -0.25) is 9.78 Å². The molecule has 0 aliphatic rings. The summed E-state index contributed by atoms with van der Waals surface area (Å²) in [4.78, 5) is 34.6. The molecule has 0 unspecified atom stereocenters. The van der Waals surface area contributed by atoms with E-state index in [2.05, 4.69) is 15.3 Å². The summed E-state index contributed by atoms with van der Waals surface area (Å²) in [7, 11) is 3.08. The number of hydrogen-bond acceptors (Lipinski definition) is 5. The maximum absolute atomic E-state index is 13.2. The zero-order valence-corrected chi connectivity index (χ0v) is 19.4. The Morgan fingerprint density at radius 3 is 2.47 bits per heavy atom. The van der Waals surface area contributed by atoms with E-state index in [1.165, 1.54) is 7.11 Å². The van der Waals surface area contributed by atoms with Gasteiger partial charge in [0, 0.05) is 46.7 Å². The quantitative estimate of drug-likeness (QED) is 0.396. The molecule has 4 rings (SSSR count). The number of pyridine rings is 2. The molecule has 2 heterocycles. The predicted molar refractivity (Wildman–Crippen MR) is 132 cm³/mol. The highest BCUT2D eigenvalue weighted by Crippen LogP contribution is 2.31. The van der Waals surface area contributed by atoms with Gasteiger partial charge in [-0.1, -0.05) is 17.7 Å². The van der Waals surface area contributed by atoms with Crippen molar-refractivity contribution in [3.8, 4) is 11.5 Å². The number of hydrogen-bond donors (Lipinski definition) is 2. The Hall–Kier alpha value is -4.04. The number of amides is 2. The fourth-order valence-electron chi connectivity index (χ4n) is 3.55. The molecule has 0 aliphatic carbocycles. The van der Waals surface area contributed by atoms with Crippen LogP contribution in [0.2, 0.25) is 5.02 Å². The van der Waals surface area contributed by atoms with E-state index in [1.54, 1.807) is 72.9 Å². The van der Waals surface area contributed by atoms with Crippen molar-refractivity contribution in [3.63, 3.8) is 0 Å². The minimum absolute atomic E-state index is 0.0773. The number of aromatic nitrogens is 2. The van der Waals surface area contributed by atoms with Crippen LogP contribution in [-0.4, -0.2) is 35.1 Å². The second-order valence-electron chi connectivity index (χ2n) is 7.57. The molecule has 34 heavy (non-hydrogen) atoms. The number of carbonyl (C=O) groups is 1. The van der Waals surface area contributed by atoms with Gasteiger partial charge < -0.3 is 24.7 Å². The van der Waals surface area contributed by atoms with Crippen molar-refractivity contribution in [2.24, 2.45) is 0 Å². The predicted octanol–water partition coefficient (Wildman–Crippen LogP) is 4.83. The number of ether oxygens (including phenoxy) is 2. The number of halogens is 1. The average Bonchev–Trinajstić information content (AvgIpc) is 2.85. The zero-order valence-electron chi connectivity index (χ0n) is 18.7. The molecule has 0 atom stereocenters. The van der Waals surface area contributed by atoms with Gasteiger partial charge in [0.15, 0.2) is 11.5 Å². The number of benzene rings is 2. The lowest BCUT2D eigenvalue weighted by atomic mass is 10.1. The van der Waals surface area contributed by atoms with Crippen LogP contribution in [0, 0.1) is 0 Å². The van der Waals surface area contributed by atoms with E-state index < -0.39 is 0 Å². The van der Waals surface area contributed by atoms with Crippen molar-refractivity contribution < 1.29 is 14.3 Å². The number of anilines is 1. The number of methoxy groups -OCH3 is 2. The Bertz CT molecular complexity index is 1360. The average molecular weight is 479 g/mol. The van der Waals surface area contributed by atoms with Crippen molar-refractivity contribution in [2.45, 2.75) is 13.1 Å². The number of H-pyrrole nitrogens is 1. The zero-order chi connectivity index (χ0) is 24.1. The molecule has 2 aromatic carbocycles. The Morgan fingerprint density at radius 2 is 1.79 bits per heavy atom. The van der Waals surface area contributed by atoms with Gasteiger partial charge >= 0.3 is 6.03 Å². The second kappa shape index (κ2) is 10.3. The van der Waals surface area contributed by atoms with E-state index in [-0.39, 0.29) is 24.7 Å². The molecule has 0 radical (unpaired) electrons. The Balaban J connectivity index is 1.67. The Kier molecular flexibility index (Phi) is 6.98. The summed E-state index contributed by atoms with van der Waals surface area (Å²) < 4.78 is 10.7. The van der Waals surface area contributed by atoms with Crippen LogP contribution in [0.3, 0.4) is 0 Å². The largest absolute Gasteiger partial charge is 0.493 e. The first-order valence-corrected chi connectivity index (χ1v) is 10.8. The molecular formula is C25H23ClN4O4. The van der Waals surface area contributed by atoms with Gasteiger partial charge in [0.05, 0.1) is 26.3 Å². The summed E-state index contributed by atoms with van der Waals surface area (Å²) in [5.41, 5.74) is 2.16. The van der Waals surface area contributed by atoms with Crippen LogP contribution in [0.1, 0.15) is 11.1 Å². The van der Waals surface area contributed by atoms with Crippen molar-refractivity contribution in [2.75, 3.05) is 19.5 Å². The molecule has 2 amide bonds. The number of urea groups is 1. The number of carbonyl (C=O) groups excluding carboxylic acids is 1. The smallest absolute Gasteiger partial charge is 0.322 e. The number of nitrogens with zero attached hydrogens (tertiary/aromatic N) is 2. The molecule has 8 nitrogen and oxygen atoms in total. The van der Waals surface area contributed by atoms with E-state index in [9.17, 15) is 9.59 Å². The topological polar surface area (TPSA) is 96.5 Å².